The van der Waals surface area contributed by atoms with E-state index in [2.05, 4.69) is 20.8 Å². The van der Waals surface area contributed by atoms with Crippen molar-refractivity contribution in [2.45, 2.75) is 104 Å². The van der Waals surface area contributed by atoms with Gasteiger partial charge in [0.05, 0.1) is 0 Å². The molecule has 0 atom stereocenters. The molecule has 132 valence electrons. The van der Waals surface area contributed by atoms with Crippen molar-refractivity contribution in [2.24, 2.45) is 11.8 Å². The Morgan fingerprint density at radius 2 is 1.23 bits per heavy atom. The highest BCUT2D eigenvalue weighted by Gasteiger charge is 2.27. The van der Waals surface area contributed by atoms with Gasteiger partial charge in [0.15, 0.2) is 6.29 Å². The summed E-state index contributed by atoms with van der Waals surface area (Å²) in [5.74, 6) is 1.53. The number of rotatable bonds is 13. The molecule has 0 aromatic heterocycles. The van der Waals surface area contributed by atoms with E-state index in [0.717, 1.165) is 19.1 Å². The van der Waals surface area contributed by atoms with Crippen LogP contribution in [-0.2, 0) is 9.47 Å². The van der Waals surface area contributed by atoms with Crippen molar-refractivity contribution in [2.75, 3.05) is 13.2 Å². The third-order valence-electron chi connectivity index (χ3n) is 5.01. The molecule has 0 amide bonds. The normalized spacial score (nSPS) is 22.4. The highest BCUT2D eigenvalue weighted by atomic mass is 16.7. The Bertz CT molecular complexity index is 220. The SMILES string of the molecule is CCCCCCOC(OCCCCCC)C1CCC(C)CC1. The number of unbranched alkanes of at least 4 members (excludes halogenated alkanes) is 6. The van der Waals surface area contributed by atoms with Gasteiger partial charge in [-0.05, 0) is 31.6 Å². The molecule has 1 aliphatic carbocycles. The summed E-state index contributed by atoms with van der Waals surface area (Å²) in [6, 6.07) is 0. The zero-order chi connectivity index (χ0) is 16.0. The maximum atomic E-state index is 6.15. The topological polar surface area (TPSA) is 18.5 Å². The lowest BCUT2D eigenvalue weighted by Gasteiger charge is -2.32. The molecule has 0 unspecified atom stereocenters. The molecule has 0 aromatic rings. The summed E-state index contributed by atoms with van der Waals surface area (Å²) < 4.78 is 12.3. The molecule has 0 N–H and O–H groups in total. The minimum atomic E-state index is 0.0655. The summed E-state index contributed by atoms with van der Waals surface area (Å²) in [6.45, 7) is 8.65. The zero-order valence-electron chi connectivity index (χ0n) is 15.4. The number of hydrogen-bond acceptors (Lipinski definition) is 2. The van der Waals surface area contributed by atoms with E-state index in [1.54, 1.807) is 0 Å². The second kappa shape index (κ2) is 13.4. The van der Waals surface area contributed by atoms with Gasteiger partial charge in [0.1, 0.15) is 0 Å². The first-order chi connectivity index (χ1) is 10.8. The molecule has 1 saturated carbocycles. The van der Waals surface area contributed by atoms with Gasteiger partial charge in [0, 0.05) is 19.1 Å². The molecule has 1 rings (SSSR count). The first-order valence-electron chi connectivity index (χ1n) is 10.0. The standard InChI is InChI=1S/C20H40O2/c1-4-6-8-10-16-21-20(22-17-11-9-7-5-2)19-14-12-18(3)13-15-19/h18-20H,4-17H2,1-3H3. The Morgan fingerprint density at radius 3 is 1.68 bits per heavy atom. The molecule has 1 aliphatic rings. The molecule has 2 heteroatoms. The van der Waals surface area contributed by atoms with Gasteiger partial charge in [0.2, 0.25) is 0 Å². The second-order valence-corrected chi connectivity index (χ2v) is 7.25. The van der Waals surface area contributed by atoms with Gasteiger partial charge in [-0.3, -0.25) is 0 Å². The maximum Gasteiger partial charge on any atom is 0.160 e. The van der Waals surface area contributed by atoms with Crippen LogP contribution in [0.5, 0.6) is 0 Å². The van der Waals surface area contributed by atoms with Crippen LogP contribution in [0.3, 0.4) is 0 Å². The van der Waals surface area contributed by atoms with Gasteiger partial charge >= 0.3 is 0 Å². The summed E-state index contributed by atoms with van der Waals surface area (Å²) in [7, 11) is 0. The van der Waals surface area contributed by atoms with E-state index >= 15 is 0 Å². The minimum Gasteiger partial charge on any atom is -0.352 e. The van der Waals surface area contributed by atoms with Crippen LogP contribution in [0.15, 0.2) is 0 Å². The molecule has 0 spiro atoms. The summed E-state index contributed by atoms with van der Waals surface area (Å²) in [6.07, 6.45) is 15.5. The van der Waals surface area contributed by atoms with Crippen LogP contribution in [0.25, 0.3) is 0 Å². The van der Waals surface area contributed by atoms with E-state index in [1.165, 1.54) is 77.0 Å². The van der Waals surface area contributed by atoms with Crippen LogP contribution in [0, 0.1) is 11.8 Å². The van der Waals surface area contributed by atoms with E-state index in [9.17, 15) is 0 Å². The Morgan fingerprint density at radius 1 is 0.727 bits per heavy atom. The third-order valence-corrected chi connectivity index (χ3v) is 5.01. The molecule has 1 fully saturated rings. The fourth-order valence-electron chi connectivity index (χ4n) is 3.33. The van der Waals surface area contributed by atoms with Crippen molar-refractivity contribution in [3.63, 3.8) is 0 Å². The lowest BCUT2D eigenvalue weighted by Crippen LogP contribution is -2.31. The number of ether oxygens (including phenoxy) is 2. The Hall–Kier alpha value is -0.0800. The predicted octanol–water partition coefficient (Wildman–Crippen LogP) is 6.33. The second-order valence-electron chi connectivity index (χ2n) is 7.25. The van der Waals surface area contributed by atoms with E-state index in [-0.39, 0.29) is 6.29 Å². The quantitative estimate of drug-likeness (QED) is 0.292. The smallest absolute Gasteiger partial charge is 0.160 e. The fraction of sp³-hybridized carbons (Fsp3) is 1.00. The average molecular weight is 313 g/mol. The third kappa shape index (κ3) is 9.15. The van der Waals surface area contributed by atoms with Crippen molar-refractivity contribution in [3.05, 3.63) is 0 Å². The molecule has 0 aliphatic heterocycles. The molecular weight excluding hydrogens is 272 g/mol. The van der Waals surface area contributed by atoms with E-state index in [4.69, 9.17) is 9.47 Å². The molecule has 0 heterocycles. The van der Waals surface area contributed by atoms with Crippen molar-refractivity contribution in [1.82, 2.24) is 0 Å². The summed E-state index contributed by atoms with van der Waals surface area (Å²) in [5, 5.41) is 0. The van der Waals surface area contributed by atoms with Gasteiger partial charge in [-0.2, -0.15) is 0 Å². The molecule has 0 bridgehead atoms. The first-order valence-corrected chi connectivity index (χ1v) is 10.0. The summed E-state index contributed by atoms with van der Waals surface area (Å²) in [4.78, 5) is 0. The molecule has 0 saturated heterocycles. The first kappa shape index (κ1) is 20.0. The van der Waals surface area contributed by atoms with Crippen LogP contribution in [0.4, 0.5) is 0 Å². The zero-order valence-corrected chi connectivity index (χ0v) is 15.4. The van der Waals surface area contributed by atoms with Crippen LogP contribution in [-0.4, -0.2) is 19.5 Å². The van der Waals surface area contributed by atoms with E-state index < -0.39 is 0 Å². The fourth-order valence-corrected chi connectivity index (χ4v) is 3.33. The highest BCUT2D eigenvalue weighted by Crippen LogP contribution is 2.32. The van der Waals surface area contributed by atoms with Crippen molar-refractivity contribution < 1.29 is 9.47 Å². The minimum absolute atomic E-state index is 0.0655. The largest absolute Gasteiger partial charge is 0.352 e. The maximum absolute atomic E-state index is 6.15. The Labute approximate surface area is 139 Å². The van der Waals surface area contributed by atoms with Crippen LogP contribution in [0.2, 0.25) is 0 Å². The van der Waals surface area contributed by atoms with Crippen LogP contribution < -0.4 is 0 Å². The van der Waals surface area contributed by atoms with Crippen molar-refractivity contribution in [1.29, 1.82) is 0 Å². The van der Waals surface area contributed by atoms with Crippen molar-refractivity contribution in [3.8, 4) is 0 Å². The van der Waals surface area contributed by atoms with Crippen LogP contribution >= 0.6 is 0 Å². The number of hydrogen-bond donors (Lipinski definition) is 0. The highest BCUT2D eigenvalue weighted by molar-refractivity contribution is 4.73. The predicted molar refractivity (Wildman–Crippen MR) is 95.1 cm³/mol. The molecular formula is C20H40O2. The summed E-state index contributed by atoms with van der Waals surface area (Å²) >= 11 is 0. The van der Waals surface area contributed by atoms with Gasteiger partial charge in [-0.1, -0.05) is 72.1 Å². The van der Waals surface area contributed by atoms with Crippen LogP contribution in [0.1, 0.15) is 97.8 Å². The van der Waals surface area contributed by atoms with E-state index in [0.29, 0.717) is 5.92 Å². The van der Waals surface area contributed by atoms with Gasteiger partial charge in [-0.25, -0.2) is 0 Å². The molecule has 0 radical (unpaired) electrons. The molecule has 0 aromatic carbocycles. The Balaban J connectivity index is 2.25. The Kier molecular flexibility index (Phi) is 12.1. The average Bonchev–Trinajstić information content (AvgIpc) is 2.53. The summed E-state index contributed by atoms with van der Waals surface area (Å²) in [5.41, 5.74) is 0. The molecule has 2 nitrogen and oxygen atoms in total. The lowest BCUT2D eigenvalue weighted by molar-refractivity contribution is -0.180. The van der Waals surface area contributed by atoms with Crippen molar-refractivity contribution >= 4 is 0 Å². The van der Waals surface area contributed by atoms with Gasteiger partial charge in [-0.15, -0.1) is 0 Å². The van der Waals surface area contributed by atoms with Gasteiger partial charge in [0.25, 0.3) is 0 Å². The van der Waals surface area contributed by atoms with E-state index in [1.807, 2.05) is 0 Å². The lowest BCUT2D eigenvalue weighted by atomic mass is 9.82. The monoisotopic (exact) mass is 312 g/mol. The van der Waals surface area contributed by atoms with Gasteiger partial charge < -0.3 is 9.47 Å². The molecule has 22 heavy (non-hydrogen) atoms.